The number of amides is 3. The first-order valence-corrected chi connectivity index (χ1v) is 10.7. The maximum absolute atomic E-state index is 12.7. The Labute approximate surface area is 171 Å². The molecule has 1 aliphatic carbocycles. The van der Waals surface area contributed by atoms with Gasteiger partial charge in [-0.1, -0.05) is 19.3 Å². The van der Waals surface area contributed by atoms with Crippen molar-refractivity contribution >= 4 is 23.6 Å². The fourth-order valence-corrected chi connectivity index (χ4v) is 5.15. The number of carbonyl (C=O) groups excluding carboxylic acids is 2. The molecule has 0 radical (unpaired) electrons. The zero-order valence-corrected chi connectivity index (χ0v) is 16.7. The second kappa shape index (κ2) is 8.05. The summed E-state index contributed by atoms with van der Waals surface area (Å²) in [6.07, 6.45) is 6.88. The van der Waals surface area contributed by atoms with E-state index in [-0.39, 0.29) is 24.4 Å². The first-order chi connectivity index (χ1) is 14.0. The minimum Gasteiger partial charge on any atom is -0.481 e. The molecule has 0 aromatic heterocycles. The Kier molecular flexibility index (Phi) is 5.48. The van der Waals surface area contributed by atoms with Crippen LogP contribution in [-0.2, 0) is 4.79 Å². The van der Waals surface area contributed by atoms with Gasteiger partial charge in [0, 0.05) is 37.4 Å². The standard InChI is InChI=1S/C22H29N3O4/c26-19(24-12-3-1-2-4-13-24)16-7-9-18(10-8-16)23-21(29)25-14-17-6-5-11-22(17,15-25)20(27)28/h7-10,17H,1-6,11-15H2,(H,23,29)(H,27,28)/t17-,22+/m0/s1. The van der Waals surface area contributed by atoms with Crippen molar-refractivity contribution in [3.8, 4) is 0 Å². The van der Waals surface area contributed by atoms with Crippen LogP contribution in [0, 0.1) is 11.3 Å². The number of carbonyl (C=O) groups is 3. The summed E-state index contributed by atoms with van der Waals surface area (Å²) in [6.45, 7) is 2.37. The SMILES string of the molecule is O=C(Nc1ccc(C(=O)N2CCCCCC2)cc1)N1C[C@@H]2CCC[C@@]2(C(=O)O)C1. The quantitative estimate of drug-likeness (QED) is 0.815. The van der Waals surface area contributed by atoms with E-state index in [1.165, 1.54) is 12.8 Å². The number of rotatable bonds is 3. The van der Waals surface area contributed by atoms with Crippen LogP contribution < -0.4 is 5.32 Å². The number of fused-ring (bicyclic) bond motifs is 1. The minimum absolute atomic E-state index is 0.0411. The smallest absolute Gasteiger partial charge is 0.321 e. The number of urea groups is 1. The van der Waals surface area contributed by atoms with Crippen molar-refractivity contribution in [1.82, 2.24) is 9.80 Å². The van der Waals surface area contributed by atoms with E-state index in [9.17, 15) is 19.5 Å². The summed E-state index contributed by atoms with van der Waals surface area (Å²) in [7, 11) is 0. The van der Waals surface area contributed by atoms with Crippen molar-refractivity contribution in [3.05, 3.63) is 29.8 Å². The average Bonchev–Trinajstić information content (AvgIpc) is 3.16. The van der Waals surface area contributed by atoms with Crippen molar-refractivity contribution < 1.29 is 19.5 Å². The van der Waals surface area contributed by atoms with Crippen LogP contribution in [0.1, 0.15) is 55.3 Å². The lowest BCUT2D eigenvalue weighted by Crippen LogP contribution is -2.38. The molecule has 0 spiro atoms. The van der Waals surface area contributed by atoms with E-state index in [0.717, 1.165) is 38.8 Å². The number of hydrogen-bond donors (Lipinski definition) is 2. The molecule has 2 N–H and O–H groups in total. The predicted molar refractivity (Wildman–Crippen MR) is 109 cm³/mol. The summed E-state index contributed by atoms with van der Waals surface area (Å²) in [5.41, 5.74) is 0.468. The highest BCUT2D eigenvalue weighted by atomic mass is 16.4. The van der Waals surface area contributed by atoms with Crippen molar-refractivity contribution in [2.24, 2.45) is 11.3 Å². The van der Waals surface area contributed by atoms with Crippen LogP contribution in [0.25, 0.3) is 0 Å². The molecule has 0 bridgehead atoms. The molecule has 1 aromatic carbocycles. The molecule has 1 saturated carbocycles. The van der Waals surface area contributed by atoms with Gasteiger partial charge in [-0.25, -0.2) is 4.79 Å². The Morgan fingerprint density at radius 2 is 1.66 bits per heavy atom. The molecule has 3 amide bonds. The van der Waals surface area contributed by atoms with Crippen molar-refractivity contribution in [2.45, 2.75) is 44.9 Å². The number of anilines is 1. The monoisotopic (exact) mass is 399 g/mol. The van der Waals surface area contributed by atoms with Crippen molar-refractivity contribution in [2.75, 3.05) is 31.5 Å². The molecule has 7 nitrogen and oxygen atoms in total. The highest BCUT2D eigenvalue weighted by molar-refractivity contribution is 5.95. The molecule has 156 valence electrons. The van der Waals surface area contributed by atoms with Crippen LogP contribution in [-0.4, -0.2) is 59.0 Å². The van der Waals surface area contributed by atoms with Crippen LogP contribution >= 0.6 is 0 Å². The van der Waals surface area contributed by atoms with Crippen LogP contribution in [0.2, 0.25) is 0 Å². The molecular weight excluding hydrogens is 370 g/mol. The largest absolute Gasteiger partial charge is 0.481 e. The third kappa shape index (κ3) is 3.82. The molecule has 3 aliphatic rings. The lowest BCUT2D eigenvalue weighted by atomic mass is 9.81. The lowest BCUT2D eigenvalue weighted by molar-refractivity contribution is -0.149. The van der Waals surface area contributed by atoms with E-state index in [1.54, 1.807) is 29.2 Å². The summed E-state index contributed by atoms with van der Waals surface area (Å²) in [6, 6.07) is 6.71. The van der Waals surface area contributed by atoms with E-state index in [0.29, 0.717) is 24.2 Å². The molecule has 2 heterocycles. The van der Waals surface area contributed by atoms with E-state index >= 15 is 0 Å². The number of aliphatic carboxylic acids is 1. The number of likely N-dealkylation sites (tertiary alicyclic amines) is 2. The topological polar surface area (TPSA) is 90.0 Å². The Morgan fingerprint density at radius 1 is 0.966 bits per heavy atom. The Hall–Kier alpha value is -2.57. The highest BCUT2D eigenvalue weighted by Gasteiger charge is 2.55. The van der Waals surface area contributed by atoms with E-state index in [2.05, 4.69) is 5.32 Å². The molecule has 3 fully saturated rings. The van der Waals surface area contributed by atoms with E-state index < -0.39 is 11.4 Å². The van der Waals surface area contributed by atoms with Crippen molar-refractivity contribution in [3.63, 3.8) is 0 Å². The van der Waals surface area contributed by atoms with Crippen molar-refractivity contribution in [1.29, 1.82) is 0 Å². The summed E-state index contributed by atoms with van der Waals surface area (Å²) in [5.74, 6) is -0.702. The summed E-state index contributed by atoms with van der Waals surface area (Å²) >= 11 is 0. The second-order valence-corrected chi connectivity index (χ2v) is 8.64. The molecule has 4 rings (SSSR count). The highest BCUT2D eigenvalue weighted by Crippen LogP contribution is 2.48. The zero-order valence-electron chi connectivity index (χ0n) is 16.7. The van der Waals surface area contributed by atoms with Gasteiger partial charge in [0.05, 0.1) is 5.41 Å². The molecule has 2 atom stereocenters. The molecule has 2 aliphatic heterocycles. The first-order valence-electron chi connectivity index (χ1n) is 10.7. The summed E-state index contributed by atoms with van der Waals surface area (Å²) in [5, 5.41) is 12.5. The number of nitrogens with zero attached hydrogens (tertiary/aromatic N) is 2. The van der Waals surface area contributed by atoms with Gasteiger partial charge in [0.25, 0.3) is 5.91 Å². The lowest BCUT2D eigenvalue weighted by Gasteiger charge is -2.23. The Morgan fingerprint density at radius 3 is 2.28 bits per heavy atom. The molecule has 0 unspecified atom stereocenters. The maximum Gasteiger partial charge on any atom is 0.321 e. The van der Waals surface area contributed by atoms with Crippen LogP contribution in [0.4, 0.5) is 10.5 Å². The zero-order chi connectivity index (χ0) is 20.4. The number of carboxylic acids is 1. The maximum atomic E-state index is 12.7. The average molecular weight is 399 g/mol. The molecule has 7 heteroatoms. The number of nitrogens with one attached hydrogen (secondary N) is 1. The molecule has 2 saturated heterocycles. The van der Waals surface area contributed by atoms with Gasteiger partial charge >= 0.3 is 12.0 Å². The second-order valence-electron chi connectivity index (χ2n) is 8.64. The number of hydrogen-bond acceptors (Lipinski definition) is 3. The molecule has 29 heavy (non-hydrogen) atoms. The van der Waals surface area contributed by atoms with Gasteiger partial charge < -0.3 is 20.2 Å². The van der Waals surface area contributed by atoms with Gasteiger partial charge in [0.2, 0.25) is 0 Å². The first kappa shape index (κ1) is 19.7. The van der Waals surface area contributed by atoms with Crippen LogP contribution in [0.3, 0.4) is 0 Å². The number of benzene rings is 1. The Balaban J connectivity index is 1.37. The normalized spacial score (nSPS) is 26.7. The van der Waals surface area contributed by atoms with Gasteiger partial charge in [-0.05, 0) is 55.9 Å². The summed E-state index contributed by atoms with van der Waals surface area (Å²) in [4.78, 5) is 40.7. The van der Waals surface area contributed by atoms with Gasteiger partial charge in [-0.15, -0.1) is 0 Å². The fraction of sp³-hybridized carbons (Fsp3) is 0.591. The molecule has 1 aromatic rings. The van der Waals surface area contributed by atoms with Gasteiger partial charge in [-0.3, -0.25) is 9.59 Å². The third-order valence-electron chi connectivity index (χ3n) is 6.86. The third-order valence-corrected chi connectivity index (χ3v) is 6.86. The van der Waals surface area contributed by atoms with Gasteiger partial charge in [-0.2, -0.15) is 0 Å². The minimum atomic E-state index is -0.785. The van der Waals surface area contributed by atoms with Crippen LogP contribution in [0.5, 0.6) is 0 Å². The predicted octanol–water partition coefficient (Wildman–Crippen LogP) is 3.42. The fourth-order valence-electron chi connectivity index (χ4n) is 5.15. The van der Waals surface area contributed by atoms with E-state index in [4.69, 9.17) is 0 Å². The Bertz CT molecular complexity index is 786. The molecular formula is C22H29N3O4. The number of carboxylic acid groups (broad SMARTS) is 1. The van der Waals surface area contributed by atoms with Gasteiger partial charge in [0.1, 0.15) is 0 Å². The van der Waals surface area contributed by atoms with Gasteiger partial charge in [0.15, 0.2) is 0 Å². The summed E-state index contributed by atoms with van der Waals surface area (Å²) < 4.78 is 0. The van der Waals surface area contributed by atoms with Crippen LogP contribution in [0.15, 0.2) is 24.3 Å². The van der Waals surface area contributed by atoms with E-state index in [1.807, 2.05) is 4.90 Å².